The first-order valence-electron chi connectivity index (χ1n) is 6.39. The fourth-order valence-electron chi connectivity index (χ4n) is 1.36. The molecule has 0 heterocycles. The molecule has 1 aromatic carbocycles. The molecule has 0 unspecified atom stereocenters. The van der Waals surface area contributed by atoms with Crippen molar-refractivity contribution in [2.24, 2.45) is 0 Å². The lowest BCUT2D eigenvalue weighted by molar-refractivity contribution is -0.147. The lowest BCUT2D eigenvalue weighted by atomic mass is 10.2. The molecule has 20 heavy (non-hydrogen) atoms. The molecule has 0 aliphatic carbocycles. The molecule has 0 aliphatic heterocycles. The van der Waals surface area contributed by atoms with Gasteiger partial charge in [-0.05, 0) is 18.6 Å². The van der Waals surface area contributed by atoms with Crippen molar-refractivity contribution in [1.82, 2.24) is 10.6 Å². The summed E-state index contributed by atoms with van der Waals surface area (Å²) in [6.07, 6.45) is 0.812. The van der Waals surface area contributed by atoms with Crippen LogP contribution in [-0.2, 0) is 14.3 Å². The summed E-state index contributed by atoms with van der Waals surface area (Å²) >= 11 is 0. The number of ether oxygens (including phenoxy) is 1. The largest absolute Gasteiger partial charge is 0.454 e. The molecular formula is C14H18N2O4. The third kappa shape index (κ3) is 5.99. The van der Waals surface area contributed by atoms with Crippen molar-refractivity contribution in [3.63, 3.8) is 0 Å². The summed E-state index contributed by atoms with van der Waals surface area (Å²) in [6, 6.07) is 8.52. The normalized spacial score (nSPS) is 9.65. The van der Waals surface area contributed by atoms with Crippen molar-refractivity contribution >= 4 is 17.8 Å². The molecule has 2 amide bonds. The summed E-state index contributed by atoms with van der Waals surface area (Å²) in [6.45, 7) is 1.86. The summed E-state index contributed by atoms with van der Waals surface area (Å²) in [5, 5.41) is 5.00. The van der Waals surface area contributed by atoms with Gasteiger partial charge in [-0.3, -0.25) is 14.4 Å². The number of hydrogen-bond donors (Lipinski definition) is 2. The number of hydrogen-bond acceptors (Lipinski definition) is 4. The van der Waals surface area contributed by atoms with Crippen LogP contribution >= 0.6 is 0 Å². The van der Waals surface area contributed by atoms with Gasteiger partial charge in [0.05, 0.1) is 0 Å². The Labute approximate surface area is 117 Å². The van der Waals surface area contributed by atoms with Crippen molar-refractivity contribution in [1.29, 1.82) is 0 Å². The summed E-state index contributed by atoms with van der Waals surface area (Å²) in [7, 11) is 0. The minimum absolute atomic E-state index is 0.269. The molecule has 108 valence electrons. The zero-order valence-electron chi connectivity index (χ0n) is 11.3. The predicted molar refractivity (Wildman–Crippen MR) is 73.0 cm³/mol. The fourth-order valence-corrected chi connectivity index (χ4v) is 1.36. The van der Waals surface area contributed by atoms with Crippen LogP contribution in [0, 0.1) is 0 Å². The zero-order chi connectivity index (χ0) is 14.8. The lowest BCUT2D eigenvalue weighted by Crippen LogP contribution is -2.34. The Bertz CT molecular complexity index is 460. The van der Waals surface area contributed by atoms with Crippen molar-refractivity contribution in [2.75, 3.05) is 19.7 Å². The molecule has 0 spiro atoms. The van der Waals surface area contributed by atoms with Crippen LogP contribution in [0.3, 0.4) is 0 Å². The Morgan fingerprint density at radius 1 is 1.10 bits per heavy atom. The average Bonchev–Trinajstić information content (AvgIpc) is 2.49. The minimum Gasteiger partial charge on any atom is -0.454 e. The highest BCUT2D eigenvalue weighted by Crippen LogP contribution is 1.97. The van der Waals surface area contributed by atoms with Gasteiger partial charge >= 0.3 is 5.97 Å². The van der Waals surface area contributed by atoms with Gasteiger partial charge in [-0.1, -0.05) is 25.1 Å². The van der Waals surface area contributed by atoms with Gasteiger partial charge < -0.3 is 15.4 Å². The van der Waals surface area contributed by atoms with E-state index in [0.29, 0.717) is 12.1 Å². The SMILES string of the molecule is CCCNC(=O)COC(=O)CNC(=O)c1ccccc1. The second-order valence-corrected chi connectivity index (χ2v) is 4.06. The van der Waals surface area contributed by atoms with Gasteiger partial charge in [-0.25, -0.2) is 0 Å². The standard InChI is InChI=1S/C14H18N2O4/c1-2-8-15-12(17)10-20-13(18)9-16-14(19)11-6-4-3-5-7-11/h3-7H,2,8-10H2,1H3,(H,15,17)(H,16,19). The number of carbonyl (C=O) groups excluding carboxylic acids is 3. The molecule has 0 fully saturated rings. The lowest BCUT2D eigenvalue weighted by Gasteiger charge is -2.07. The predicted octanol–water partition coefficient (Wildman–Crippen LogP) is 0.486. The second-order valence-electron chi connectivity index (χ2n) is 4.06. The molecule has 0 aliphatic rings. The summed E-state index contributed by atoms with van der Waals surface area (Å²) < 4.78 is 4.72. The molecule has 1 rings (SSSR count). The van der Waals surface area contributed by atoms with E-state index in [9.17, 15) is 14.4 Å². The van der Waals surface area contributed by atoms with E-state index in [2.05, 4.69) is 10.6 Å². The van der Waals surface area contributed by atoms with Crippen LogP contribution in [0.2, 0.25) is 0 Å². The van der Waals surface area contributed by atoms with Gasteiger partial charge in [0, 0.05) is 12.1 Å². The smallest absolute Gasteiger partial charge is 0.325 e. The molecule has 2 N–H and O–H groups in total. The highest BCUT2D eigenvalue weighted by molar-refractivity contribution is 5.96. The number of nitrogens with one attached hydrogen (secondary N) is 2. The van der Waals surface area contributed by atoms with Crippen LogP contribution in [0.15, 0.2) is 30.3 Å². The van der Waals surface area contributed by atoms with Crippen molar-refractivity contribution < 1.29 is 19.1 Å². The number of esters is 1. The molecule has 0 aromatic heterocycles. The van der Waals surface area contributed by atoms with Crippen LogP contribution in [0.4, 0.5) is 0 Å². The van der Waals surface area contributed by atoms with E-state index >= 15 is 0 Å². The maximum atomic E-state index is 11.6. The number of carbonyl (C=O) groups is 3. The van der Waals surface area contributed by atoms with E-state index in [0.717, 1.165) is 6.42 Å². The highest BCUT2D eigenvalue weighted by atomic mass is 16.5. The quantitative estimate of drug-likeness (QED) is 0.711. The van der Waals surface area contributed by atoms with E-state index in [1.807, 2.05) is 6.92 Å². The van der Waals surface area contributed by atoms with E-state index in [1.54, 1.807) is 30.3 Å². The fraction of sp³-hybridized carbons (Fsp3) is 0.357. The molecule has 0 radical (unpaired) electrons. The van der Waals surface area contributed by atoms with E-state index in [4.69, 9.17) is 4.74 Å². The van der Waals surface area contributed by atoms with Crippen LogP contribution in [0.5, 0.6) is 0 Å². The molecular weight excluding hydrogens is 260 g/mol. The van der Waals surface area contributed by atoms with Gasteiger partial charge in [0.25, 0.3) is 11.8 Å². The van der Waals surface area contributed by atoms with Crippen molar-refractivity contribution in [3.05, 3.63) is 35.9 Å². The van der Waals surface area contributed by atoms with Gasteiger partial charge in [-0.2, -0.15) is 0 Å². The molecule has 0 atom stereocenters. The summed E-state index contributed by atoms with van der Waals surface area (Å²) in [5.74, 6) is -1.37. The van der Waals surface area contributed by atoms with Crippen molar-refractivity contribution in [3.8, 4) is 0 Å². The van der Waals surface area contributed by atoms with Crippen LogP contribution in [0.1, 0.15) is 23.7 Å². The second kappa shape index (κ2) is 8.68. The van der Waals surface area contributed by atoms with Gasteiger partial charge in [0.15, 0.2) is 6.61 Å². The Kier molecular flexibility index (Phi) is 6.81. The van der Waals surface area contributed by atoms with Crippen LogP contribution in [-0.4, -0.2) is 37.5 Å². The Morgan fingerprint density at radius 3 is 2.45 bits per heavy atom. The highest BCUT2D eigenvalue weighted by Gasteiger charge is 2.10. The number of rotatable bonds is 7. The van der Waals surface area contributed by atoms with Crippen LogP contribution in [0.25, 0.3) is 0 Å². The maximum Gasteiger partial charge on any atom is 0.325 e. The summed E-state index contributed by atoms with van der Waals surface area (Å²) in [5.41, 5.74) is 0.459. The van der Waals surface area contributed by atoms with Crippen molar-refractivity contribution in [2.45, 2.75) is 13.3 Å². The maximum absolute atomic E-state index is 11.6. The minimum atomic E-state index is -0.652. The molecule has 0 saturated carbocycles. The molecule has 0 saturated heterocycles. The number of benzene rings is 1. The Morgan fingerprint density at radius 2 is 1.80 bits per heavy atom. The first-order valence-corrected chi connectivity index (χ1v) is 6.39. The van der Waals surface area contributed by atoms with E-state index in [1.165, 1.54) is 0 Å². The summed E-state index contributed by atoms with van der Waals surface area (Å²) in [4.78, 5) is 34.2. The first-order chi connectivity index (χ1) is 9.63. The van der Waals surface area contributed by atoms with E-state index in [-0.39, 0.29) is 25.0 Å². The Hall–Kier alpha value is -2.37. The van der Waals surface area contributed by atoms with E-state index < -0.39 is 5.97 Å². The topological polar surface area (TPSA) is 84.5 Å². The monoisotopic (exact) mass is 278 g/mol. The van der Waals surface area contributed by atoms with Gasteiger partial charge in [0.1, 0.15) is 6.54 Å². The molecule has 1 aromatic rings. The third-order valence-electron chi connectivity index (χ3n) is 2.37. The van der Waals surface area contributed by atoms with Crippen LogP contribution < -0.4 is 10.6 Å². The number of amides is 2. The third-order valence-corrected chi connectivity index (χ3v) is 2.37. The average molecular weight is 278 g/mol. The first kappa shape index (κ1) is 15.7. The Balaban J connectivity index is 2.23. The van der Waals surface area contributed by atoms with Gasteiger partial charge in [-0.15, -0.1) is 0 Å². The molecule has 0 bridgehead atoms. The zero-order valence-corrected chi connectivity index (χ0v) is 11.3. The van der Waals surface area contributed by atoms with Gasteiger partial charge in [0.2, 0.25) is 0 Å². The molecule has 6 heteroatoms. The molecule has 6 nitrogen and oxygen atoms in total.